The van der Waals surface area contributed by atoms with Gasteiger partial charge >= 0.3 is 0 Å². The molecule has 0 radical (unpaired) electrons. The van der Waals surface area contributed by atoms with Crippen molar-refractivity contribution in [1.29, 1.82) is 0 Å². The largest absolute Gasteiger partial charge is 0.342 e. The smallest absolute Gasteiger partial charge is 0.106 e. The summed E-state index contributed by atoms with van der Waals surface area (Å²) in [4.78, 5) is 15.6. The van der Waals surface area contributed by atoms with Gasteiger partial charge in [0.25, 0.3) is 0 Å². The molecule has 4 heteroatoms. The maximum atomic E-state index is 4.51. The molecule has 3 rings (SSSR count). The van der Waals surface area contributed by atoms with E-state index in [0.717, 1.165) is 46.6 Å². The van der Waals surface area contributed by atoms with Crippen molar-refractivity contribution in [1.82, 2.24) is 19.9 Å². The fraction of sp³-hybridized carbons (Fsp3) is 0.333. The van der Waals surface area contributed by atoms with E-state index in [1.54, 1.807) is 0 Å². The number of aromatic amines is 2. The first-order valence-electron chi connectivity index (χ1n) is 5.67. The Hall–Kier alpha value is -1.84. The lowest BCUT2D eigenvalue weighted by atomic mass is 10.3. The lowest BCUT2D eigenvalue weighted by molar-refractivity contribution is 0.997. The number of imidazole rings is 2. The summed E-state index contributed by atoms with van der Waals surface area (Å²) in [5, 5.41) is 0. The fourth-order valence-corrected chi connectivity index (χ4v) is 1.95. The second kappa shape index (κ2) is 3.33. The number of aromatic nitrogens is 4. The molecule has 0 unspecified atom stereocenters. The number of nitrogens with zero attached hydrogens (tertiary/aromatic N) is 2. The molecule has 2 aromatic heterocycles. The van der Waals surface area contributed by atoms with Crippen LogP contribution in [0.2, 0.25) is 0 Å². The highest BCUT2D eigenvalue weighted by Gasteiger charge is 2.06. The van der Waals surface area contributed by atoms with E-state index in [2.05, 4.69) is 39.8 Å². The van der Waals surface area contributed by atoms with Crippen LogP contribution >= 0.6 is 0 Å². The second-order valence-corrected chi connectivity index (χ2v) is 3.96. The van der Waals surface area contributed by atoms with Crippen molar-refractivity contribution in [3.05, 3.63) is 23.8 Å². The lowest BCUT2D eigenvalue weighted by Gasteiger charge is -1.88. The summed E-state index contributed by atoms with van der Waals surface area (Å²) in [6.07, 6.45) is 1.85. The normalized spacial score (nSPS) is 11.6. The van der Waals surface area contributed by atoms with Crippen molar-refractivity contribution in [2.24, 2.45) is 0 Å². The van der Waals surface area contributed by atoms with Crippen LogP contribution in [0.25, 0.3) is 22.1 Å². The van der Waals surface area contributed by atoms with Gasteiger partial charge in [-0.1, -0.05) is 13.8 Å². The zero-order chi connectivity index (χ0) is 11.1. The van der Waals surface area contributed by atoms with Gasteiger partial charge in [-0.2, -0.15) is 0 Å². The highest BCUT2D eigenvalue weighted by atomic mass is 14.9. The van der Waals surface area contributed by atoms with Crippen molar-refractivity contribution in [3.8, 4) is 0 Å². The van der Waals surface area contributed by atoms with E-state index >= 15 is 0 Å². The molecule has 0 aliphatic rings. The molecule has 0 spiro atoms. The van der Waals surface area contributed by atoms with Crippen molar-refractivity contribution >= 4 is 22.1 Å². The van der Waals surface area contributed by atoms with Gasteiger partial charge in [-0.3, -0.25) is 0 Å². The minimum absolute atomic E-state index is 0.927. The third-order valence-corrected chi connectivity index (χ3v) is 2.85. The summed E-state index contributed by atoms with van der Waals surface area (Å²) in [5.41, 5.74) is 4.16. The van der Waals surface area contributed by atoms with E-state index in [-0.39, 0.29) is 0 Å². The van der Waals surface area contributed by atoms with Crippen LogP contribution in [-0.2, 0) is 12.8 Å². The highest BCUT2D eigenvalue weighted by molar-refractivity contribution is 5.91. The minimum Gasteiger partial charge on any atom is -0.342 e. The average molecular weight is 214 g/mol. The van der Waals surface area contributed by atoms with Crippen LogP contribution in [-0.4, -0.2) is 19.9 Å². The van der Waals surface area contributed by atoms with Gasteiger partial charge in [-0.05, 0) is 12.1 Å². The monoisotopic (exact) mass is 214 g/mol. The summed E-state index contributed by atoms with van der Waals surface area (Å²) in [5.74, 6) is 2.05. The molecule has 4 nitrogen and oxygen atoms in total. The van der Waals surface area contributed by atoms with Crippen LogP contribution in [0.15, 0.2) is 12.1 Å². The van der Waals surface area contributed by atoms with E-state index in [1.807, 2.05) is 6.07 Å². The molecular weight excluding hydrogens is 200 g/mol. The Morgan fingerprint density at radius 2 is 1.38 bits per heavy atom. The Morgan fingerprint density at radius 3 is 1.81 bits per heavy atom. The van der Waals surface area contributed by atoms with E-state index in [0.29, 0.717) is 0 Å². The van der Waals surface area contributed by atoms with Gasteiger partial charge in [0, 0.05) is 12.8 Å². The number of fused-ring (bicyclic) bond motifs is 2. The lowest BCUT2D eigenvalue weighted by Crippen LogP contribution is -1.80. The summed E-state index contributed by atoms with van der Waals surface area (Å²) in [6, 6.07) is 4.12. The molecule has 3 aromatic rings. The van der Waals surface area contributed by atoms with Crippen LogP contribution < -0.4 is 0 Å². The quantitative estimate of drug-likeness (QED) is 0.688. The SMILES string of the molecule is CCc1nc2cc3nc(CC)[nH]c3cc2[nH]1. The van der Waals surface area contributed by atoms with E-state index in [4.69, 9.17) is 0 Å². The summed E-state index contributed by atoms with van der Waals surface area (Å²) >= 11 is 0. The zero-order valence-corrected chi connectivity index (χ0v) is 9.46. The third-order valence-electron chi connectivity index (χ3n) is 2.85. The fourth-order valence-electron chi connectivity index (χ4n) is 1.95. The Bertz CT molecular complexity index is 543. The standard InChI is InChI=1S/C12H14N4/c1-3-11-13-7-5-9-10(6-8(7)14-11)16-12(4-2)15-9/h5-6H,3-4H2,1-2H3,(H,13,14)(H,15,16). The number of rotatable bonds is 2. The molecule has 0 atom stereocenters. The summed E-state index contributed by atoms with van der Waals surface area (Å²) in [7, 11) is 0. The van der Waals surface area contributed by atoms with Gasteiger partial charge in [0.15, 0.2) is 0 Å². The molecular formula is C12H14N4. The predicted molar refractivity (Wildman–Crippen MR) is 64.5 cm³/mol. The number of nitrogens with one attached hydrogen (secondary N) is 2. The predicted octanol–water partition coefficient (Wildman–Crippen LogP) is 2.56. The molecule has 16 heavy (non-hydrogen) atoms. The molecule has 2 heterocycles. The van der Waals surface area contributed by atoms with Crippen molar-refractivity contribution in [2.45, 2.75) is 26.7 Å². The highest BCUT2D eigenvalue weighted by Crippen LogP contribution is 2.19. The Kier molecular flexibility index (Phi) is 1.96. The van der Waals surface area contributed by atoms with Crippen LogP contribution in [0.1, 0.15) is 25.5 Å². The van der Waals surface area contributed by atoms with E-state index in [1.165, 1.54) is 0 Å². The first kappa shape index (κ1) is 9.39. The molecule has 0 aliphatic heterocycles. The molecule has 0 saturated carbocycles. The molecule has 0 saturated heterocycles. The Balaban J connectivity index is 2.28. The third kappa shape index (κ3) is 1.30. The number of hydrogen-bond acceptors (Lipinski definition) is 2. The van der Waals surface area contributed by atoms with Gasteiger partial charge in [-0.25, -0.2) is 9.97 Å². The number of H-pyrrole nitrogens is 2. The van der Waals surface area contributed by atoms with Gasteiger partial charge in [0.2, 0.25) is 0 Å². The van der Waals surface area contributed by atoms with E-state index < -0.39 is 0 Å². The molecule has 0 bridgehead atoms. The topological polar surface area (TPSA) is 57.4 Å². The van der Waals surface area contributed by atoms with Crippen LogP contribution in [0.3, 0.4) is 0 Å². The van der Waals surface area contributed by atoms with E-state index in [9.17, 15) is 0 Å². The molecule has 82 valence electrons. The van der Waals surface area contributed by atoms with Crippen LogP contribution in [0.4, 0.5) is 0 Å². The van der Waals surface area contributed by atoms with Gasteiger partial charge < -0.3 is 9.97 Å². The van der Waals surface area contributed by atoms with Crippen LogP contribution in [0.5, 0.6) is 0 Å². The van der Waals surface area contributed by atoms with Gasteiger partial charge in [0.1, 0.15) is 11.6 Å². The van der Waals surface area contributed by atoms with Crippen molar-refractivity contribution < 1.29 is 0 Å². The Labute approximate surface area is 93.1 Å². The van der Waals surface area contributed by atoms with Crippen molar-refractivity contribution in [2.75, 3.05) is 0 Å². The minimum atomic E-state index is 0.927. The molecule has 0 fully saturated rings. The maximum absolute atomic E-state index is 4.51. The summed E-state index contributed by atoms with van der Waals surface area (Å²) in [6.45, 7) is 4.19. The molecule has 1 aromatic carbocycles. The Morgan fingerprint density at radius 1 is 0.875 bits per heavy atom. The number of benzene rings is 1. The maximum Gasteiger partial charge on any atom is 0.106 e. The molecule has 0 aliphatic carbocycles. The van der Waals surface area contributed by atoms with Gasteiger partial charge in [0.05, 0.1) is 22.1 Å². The average Bonchev–Trinajstić information content (AvgIpc) is 2.86. The zero-order valence-electron chi connectivity index (χ0n) is 9.46. The molecule has 0 amide bonds. The first-order valence-corrected chi connectivity index (χ1v) is 5.67. The first-order chi connectivity index (χ1) is 7.80. The number of aryl methyl sites for hydroxylation is 2. The molecule has 2 N–H and O–H groups in total. The number of hydrogen-bond donors (Lipinski definition) is 2. The second-order valence-electron chi connectivity index (χ2n) is 3.96. The van der Waals surface area contributed by atoms with Crippen molar-refractivity contribution in [3.63, 3.8) is 0 Å². The van der Waals surface area contributed by atoms with Crippen LogP contribution in [0, 0.1) is 0 Å². The van der Waals surface area contributed by atoms with Gasteiger partial charge in [-0.15, -0.1) is 0 Å². The summed E-state index contributed by atoms with van der Waals surface area (Å²) < 4.78 is 0.